The van der Waals surface area contributed by atoms with E-state index in [2.05, 4.69) is 5.32 Å². The molecule has 0 saturated carbocycles. The van der Waals surface area contributed by atoms with E-state index in [1.165, 1.54) is 16.4 Å². The number of rotatable bonds is 4. The van der Waals surface area contributed by atoms with Crippen molar-refractivity contribution in [3.8, 4) is 0 Å². The summed E-state index contributed by atoms with van der Waals surface area (Å²) in [6, 6.07) is 12.1. The predicted octanol–water partition coefficient (Wildman–Crippen LogP) is 4.48. The topological polar surface area (TPSA) is 79.6 Å². The minimum absolute atomic E-state index is 0.243. The second-order valence-electron chi connectivity index (χ2n) is 7.50. The van der Waals surface area contributed by atoms with E-state index in [0.717, 1.165) is 35.8 Å². The van der Waals surface area contributed by atoms with Gasteiger partial charge in [-0.25, -0.2) is 8.42 Å². The van der Waals surface area contributed by atoms with E-state index in [0.29, 0.717) is 24.4 Å². The maximum Gasteiger partial charge on any atom is 0.291 e. The maximum atomic E-state index is 12.7. The minimum Gasteiger partial charge on any atom is -0.451 e. The number of amides is 1. The van der Waals surface area contributed by atoms with Crippen molar-refractivity contribution in [3.05, 3.63) is 59.4 Å². The molecule has 1 aliphatic rings. The third-order valence-electron chi connectivity index (χ3n) is 5.36. The quantitative estimate of drug-likeness (QED) is 0.685. The first-order valence-electron chi connectivity index (χ1n) is 9.77. The van der Waals surface area contributed by atoms with Gasteiger partial charge in [0.25, 0.3) is 5.91 Å². The highest BCUT2D eigenvalue weighted by Crippen LogP contribution is 2.27. The molecule has 1 N–H and O–H groups in total. The molecular weight excluding hydrogens is 388 g/mol. The number of nitrogens with zero attached hydrogens (tertiary/aromatic N) is 1. The summed E-state index contributed by atoms with van der Waals surface area (Å²) in [7, 11) is -3.49. The van der Waals surface area contributed by atoms with Crippen LogP contribution in [0.2, 0.25) is 0 Å². The number of carbonyl (C=O) groups is 1. The number of aryl methyl sites for hydroxylation is 2. The molecule has 0 spiro atoms. The number of hydrogen-bond acceptors (Lipinski definition) is 4. The van der Waals surface area contributed by atoms with Gasteiger partial charge in [-0.05, 0) is 63.1 Å². The molecule has 0 unspecified atom stereocenters. The number of carbonyl (C=O) groups excluding carboxylic acids is 1. The average molecular weight is 413 g/mol. The maximum absolute atomic E-state index is 12.7. The molecule has 2 aromatic carbocycles. The molecule has 6 nitrogen and oxygen atoms in total. The van der Waals surface area contributed by atoms with Crippen molar-refractivity contribution < 1.29 is 17.6 Å². The Balaban J connectivity index is 1.53. The van der Waals surface area contributed by atoms with E-state index in [4.69, 9.17) is 4.42 Å². The van der Waals surface area contributed by atoms with Crippen molar-refractivity contribution >= 4 is 32.6 Å². The molecule has 1 aliphatic heterocycles. The molecule has 1 amide bonds. The number of nitrogens with one attached hydrogen (secondary N) is 1. The molecule has 29 heavy (non-hydrogen) atoms. The van der Waals surface area contributed by atoms with Crippen molar-refractivity contribution in [1.82, 2.24) is 4.31 Å². The van der Waals surface area contributed by atoms with Crippen LogP contribution in [-0.4, -0.2) is 31.7 Å². The molecule has 1 saturated heterocycles. The summed E-state index contributed by atoms with van der Waals surface area (Å²) in [5, 5.41) is 3.71. The highest BCUT2D eigenvalue weighted by atomic mass is 32.2. The number of hydrogen-bond donors (Lipinski definition) is 1. The highest BCUT2D eigenvalue weighted by molar-refractivity contribution is 7.89. The summed E-state index contributed by atoms with van der Waals surface area (Å²) >= 11 is 0. The Morgan fingerprint density at radius 3 is 2.38 bits per heavy atom. The number of anilines is 1. The minimum atomic E-state index is -3.49. The van der Waals surface area contributed by atoms with Crippen LogP contribution >= 0.6 is 0 Å². The van der Waals surface area contributed by atoms with Gasteiger partial charge < -0.3 is 9.73 Å². The molecule has 0 aliphatic carbocycles. The van der Waals surface area contributed by atoms with Gasteiger partial charge >= 0.3 is 0 Å². The van der Waals surface area contributed by atoms with Gasteiger partial charge in [-0.15, -0.1) is 0 Å². The smallest absolute Gasteiger partial charge is 0.291 e. The van der Waals surface area contributed by atoms with E-state index in [-0.39, 0.29) is 16.6 Å². The van der Waals surface area contributed by atoms with Crippen LogP contribution in [0, 0.1) is 13.8 Å². The Labute approximate surface area is 170 Å². The first kappa shape index (κ1) is 19.7. The molecule has 152 valence electrons. The van der Waals surface area contributed by atoms with Crippen LogP contribution in [-0.2, 0) is 10.0 Å². The molecule has 0 radical (unpaired) electrons. The van der Waals surface area contributed by atoms with Crippen LogP contribution in [0.15, 0.2) is 51.8 Å². The molecular formula is C22H24N2O4S. The van der Waals surface area contributed by atoms with E-state index >= 15 is 0 Å². The summed E-state index contributed by atoms with van der Waals surface area (Å²) in [5.74, 6) is -0.0985. The van der Waals surface area contributed by atoms with Crippen LogP contribution in [0.5, 0.6) is 0 Å². The van der Waals surface area contributed by atoms with Gasteiger partial charge in [0.2, 0.25) is 10.0 Å². The summed E-state index contributed by atoms with van der Waals surface area (Å²) in [4.78, 5) is 12.9. The van der Waals surface area contributed by atoms with Gasteiger partial charge in [0.05, 0.1) is 4.90 Å². The molecule has 7 heteroatoms. The van der Waals surface area contributed by atoms with Crippen LogP contribution in [0.25, 0.3) is 11.0 Å². The zero-order valence-corrected chi connectivity index (χ0v) is 17.4. The Morgan fingerprint density at radius 2 is 1.69 bits per heavy atom. The SMILES string of the molecule is Cc1ccc2oc(C(=O)Nc3ccc(S(=O)(=O)N4CCCCC4)cc3)c(C)c2c1. The summed E-state index contributed by atoms with van der Waals surface area (Å²) in [6.07, 6.45) is 2.85. The number of piperidine rings is 1. The number of furan rings is 1. The lowest BCUT2D eigenvalue weighted by Gasteiger charge is -2.25. The second kappa shape index (κ2) is 7.65. The van der Waals surface area contributed by atoms with Crippen molar-refractivity contribution in [2.45, 2.75) is 38.0 Å². The molecule has 4 rings (SSSR count). The number of benzene rings is 2. The number of fused-ring (bicyclic) bond motifs is 1. The van der Waals surface area contributed by atoms with Crippen molar-refractivity contribution in [1.29, 1.82) is 0 Å². The average Bonchev–Trinajstić information content (AvgIpc) is 3.05. The lowest BCUT2D eigenvalue weighted by molar-refractivity contribution is 0.0998. The third kappa shape index (κ3) is 3.80. The Morgan fingerprint density at radius 1 is 1.00 bits per heavy atom. The fourth-order valence-corrected chi connectivity index (χ4v) is 5.22. The molecule has 1 aromatic heterocycles. The number of sulfonamides is 1. The van der Waals surface area contributed by atoms with E-state index in [9.17, 15) is 13.2 Å². The standard InChI is InChI=1S/C22H24N2O4S/c1-15-6-11-20-19(14-15)16(2)21(28-20)22(25)23-17-7-9-18(10-8-17)29(26,27)24-12-4-3-5-13-24/h6-11,14H,3-5,12-13H2,1-2H3,(H,23,25). The first-order chi connectivity index (χ1) is 13.9. The van der Waals surface area contributed by atoms with Gasteiger partial charge in [0, 0.05) is 29.7 Å². The van der Waals surface area contributed by atoms with Gasteiger partial charge in [-0.3, -0.25) is 4.79 Å². The van der Waals surface area contributed by atoms with Gasteiger partial charge in [-0.1, -0.05) is 18.1 Å². The monoisotopic (exact) mass is 412 g/mol. The highest BCUT2D eigenvalue weighted by Gasteiger charge is 2.26. The van der Waals surface area contributed by atoms with Crippen molar-refractivity contribution in [2.75, 3.05) is 18.4 Å². The van der Waals surface area contributed by atoms with Crippen LogP contribution in [0.4, 0.5) is 5.69 Å². The zero-order chi connectivity index (χ0) is 20.6. The van der Waals surface area contributed by atoms with Crippen LogP contribution in [0.3, 0.4) is 0 Å². The molecule has 0 atom stereocenters. The van der Waals surface area contributed by atoms with Crippen LogP contribution < -0.4 is 5.32 Å². The van der Waals surface area contributed by atoms with Gasteiger partial charge in [-0.2, -0.15) is 4.31 Å². The summed E-state index contributed by atoms with van der Waals surface area (Å²) < 4.78 is 32.7. The molecule has 1 fully saturated rings. The predicted molar refractivity (Wildman–Crippen MR) is 113 cm³/mol. The van der Waals surface area contributed by atoms with E-state index in [1.54, 1.807) is 12.1 Å². The Hall–Kier alpha value is -2.64. The van der Waals surface area contributed by atoms with Crippen molar-refractivity contribution in [2.24, 2.45) is 0 Å². The lowest BCUT2D eigenvalue weighted by Crippen LogP contribution is -2.35. The van der Waals surface area contributed by atoms with Crippen LogP contribution in [0.1, 0.15) is 40.9 Å². The zero-order valence-electron chi connectivity index (χ0n) is 16.6. The second-order valence-corrected chi connectivity index (χ2v) is 9.44. The normalized spacial score (nSPS) is 15.5. The summed E-state index contributed by atoms with van der Waals surface area (Å²) in [6.45, 7) is 4.97. The third-order valence-corrected chi connectivity index (χ3v) is 7.28. The Kier molecular flexibility index (Phi) is 5.19. The van der Waals surface area contributed by atoms with E-state index < -0.39 is 10.0 Å². The molecule has 0 bridgehead atoms. The molecule has 2 heterocycles. The fourth-order valence-electron chi connectivity index (χ4n) is 3.70. The van der Waals surface area contributed by atoms with Gasteiger partial charge in [0.15, 0.2) is 5.76 Å². The van der Waals surface area contributed by atoms with Gasteiger partial charge in [0.1, 0.15) is 5.58 Å². The fraction of sp³-hybridized carbons (Fsp3) is 0.318. The largest absolute Gasteiger partial charge is 0.451 e. The molecule has 3 aromatic rings. The Bertz CT molecular complexity index is 1160. The first-order valence-corrected chi connectivity index (χ1v) is 11.2. The van der Waals surface area contributed by atoms with Crippen molar-refractivity contribution in [3.63, 3.8) is 0 Å². The van der Waals surface area contributed by atoms with E-state index in [1.807, 2.05) is 32.0 Å². The lowest BCUT2D eigenvalue weighted by atomic mass is 10.1. The summed E-state index contributed by atoms with van der Waals surface area (Å²) in [5.41, 5.74) is 3.06.